The van der Waals surface area contributed by atoms with Gasteiger partial charge >= 0.3 is 0 Å². The highest BCUT2D eigenvalue weighted by Gasteiger charge is 2.31. The first kappa shape index (κ1) is 23.0. The first-order valence-electron chi connectivity index (χ1n) is 11.4. The summed E-state index contributed by atoms with van der Waals surface area (Å²) in [4.78, 5) is 20.3. The van der Waals surface area contributed by atoms with Crippen molar-refractivity contribution < 1.29 is 17.9 Å². The third-order valence-electron chi connectivity index (χ3n) is 6.24. The SMILES string of the molecule is COc1ccc(S(=O)(=O)N2CCN(C(=O)c3cc(-c4ccccc4)nc4ccccc34)CC2)cc1. The van der Waals surface area contributed by atoms with Crippen LogP contribution in [0.3, 0.4) is 0 Å². The van der Waals surface area contributed by atoms with Gasteiger partial charge in [0.05, 0.1) is 28.8 Å². The van der Waals surface area contributed by atoms with Gasteiger partial charge < -0.3 is 9.64 Å². The minimum absolute atomic E-state index is 0.123. The molecule has 0 aliphatic carbocycles. The molecule has 1 aromatic heterocycles. The van der Waals surface area contributed by atoms with Crippen LogP contribution in [0.5, 0.6) is 5.75 Å². The van der Waals surface area contributed by atoms with Crippen LogP contribution < -0.4 is 4.74 Å². The summed E-state index contributed by atoms with van der Waals surface area (Å²) in [6.45, 7) is 1.08. The number of fused-ring (bicyclic) bond motifs is 1. The van der Waals surface area contributed by atoms with Crippen LogP contribution in [0.25, 0.3) is 22.2 Å². The maximum Gasteiger partial charge on any atom is 0.254 e. The van der Waals surface area contributed by atoms with Gasteiger partial charge in [-0.05, 0) is 36.4 Å². The molecule has 1 amide bonds. The predicted molar refractivity (Wildman–Crippen MR) is 135 cm³/mol. The number of ether oxygens (including phenoxy) is 1. The molecule has 5 rings (SSSR count). The normalized spacial score (nSPS) is 14.7. The number of para-hydroxylation sites is 1. The zero-order chi connectivity index (χ0) is 24.4. The highest BCUT2D eigenvalue weighted by atomic mass is 32.2. The molecule has 0 radical (unpaired) electrons. The fourth-order valence-electron chi connectivity index (χ4n) is 4.31. The molecule has 1 fully saturated rings. The number of pyridine rings is 1. The quantitative estimate of drug-likeness (QED) is 0.424. The van der Waals surface area contributed by atoms with Crippen LogP contribution in [0.4, 0.5) is 0 Å². The number of carbonyl (C=O) groups excluding carboxylic acids is 1. The molecule has 0 atom stereocenters. The second-order valence-electron chi connectivity index (χ2n) is 8.31. The van der Waals surface area contributed by atoms with Gasteiger partial charge in [0, 0.05) is 37.1 Å². The number of nitrogens with zero attached hydrogens (tertiary/aromatic N) is 3. The highest BCUT2D eigenvalue weighted by molar-refractivity contribution is 7.89. The van der Waals surface area contributed by atoms with Gasteiger partial charge in [0.1, 0.15) is 5.75 Å². The van der Waals surface area contributed by atoms with Crippen LogP contribution in [0, 0.1) is 0 Å². The molecule has 2 heterocycles. The van der Waals surface area contributed by atoms with E-state index in [1.165, 1.54) is 11.4 Å². The molecule has 35 heavy (non-hydrogen) atoms. The second kappa shape index (κ2) is 9.48. The van der Waals surface area contributed by atoms with E-state index in [0.29, 0.717) is 24.4 Å². The summed E-state index contributed by atoms with van der Waals surface area (Å²) in [5, 5.41) is 0.783. The smallest absolute Gasteiger partial charge is 0.254 e. The number of amides is 1. The van der Waals surface area contributed by atoms with E-state index in [1.54, 1.807) is 29.2 Å². The summed E-state index contributed by atoms with van der Waals surface area (Å²) in [6, 6.07) is 25.5. The lowest BCUT2D eigenvalue weighted by Gasteiger charge is -2.34. The summed E-state index contributed by atoms with van der Waals surface area (Å²) < 4.78 is 32.7. The standard InChI is InChI=1S/C27H25N3O4S/c1-34-21-11-13-22(14-12-21)35(32,33)30-17-15-29(16-18-30)27(31)24-19-26(20-7-3-2-4-8-20)28-25-10-6-5-9-23(24)25/h2-14,19H,15-18H2,1H3. The van der Waals surface area contributed by atoms with Crippen LogP contribution >= 0.6 is 0 Å². The average Bonchev–Trinajstić information content (AvgIpc) is 2.92. The van der Waals surface area contributed by atoms with E-state index in [0.717, 1.165) is 22.2 Å². The lowest BCUT2D eigenvalue weighted by Crippen LogP contribution is -2.50. The maximum atomic E-state index is 13.6. The van der Waals surface area contributed by atoms with Crippen molar-refractivity contribution in [3.63, 3.8) is 0 Å². The number of sulfonamides is 1. The second-order valence-corrected chi connectivity index (χ2v) is 10.2. The Kier molecular flexibility index (Phi) is 6.23. The number of methoxy groups -OCH3 is 1. The Hall–Kier alpha value is -3.75. The third kappa shape index (κ3) is 4.50. The van der Waals surface area contributed by atoms with Gasteiger partial charge in [-0.1, -0.05) is 48.5 Å². The molecule has 1 aliphatic heterocycles. The zero-order valence-electron chi connectivity index (χ0n) is 19.3. The largest absolute Gasteiger partial charge is 0.497 e. The minimum atomic E-state index is -3.65. The van der Waals surface area contributed by atoms with Crippen LogP contribution in [0.1, 0.15) is 10.4 Å². The number of carbonyl (C=O) groups is 1. The monoisotopic (exact) mass is 487 g/mol. The number of benzene rings is 3. The lowest BCUT2D eigenvalue weighted by molar-refractivity contribution is 0.0700. The van der Waals surface area contributed by atoms with Crippen molar-refractivity contribution in [3.8, 4) is 17.0 Å². The highest BCUT2D eigenvalue weighted by Crippen LogP contribution is 2.27. The molecule has 4 aromatic rings. The Labute approximate surface area is 204 Å². The van der Waals surface area contributed by atoms with Crippen LogP contribution in [0.2, 0.25) is 0 Å². The van der Waals surface area contributed by atoms with Crippen molar-refractivity contribution in [2.75, 3.05) is 33.3 Å². The third-order valence-corrected chi connectivity index (χ3v) is 8.15. The van der Waals surface area contributed by atoms with E-state index in [2.05, 4.69) is 0 Å². The van der Waals surface area contributed by atoms with Crippen molar-refractivity contribution in [1.82, 2.24) is 14.2 Å². The summed E-state index contributed by atoms with van der Waals surface area (Å²) in [5.74, 6) is 0.473. The molecule has 1 saturated heterocycles. The molecule has 0 spiro atoms. The summed E-state index contributed by atoms with van der Waals surface area (Å²) in [7, 11) is -2.11. The van der Waals surface area contributed by atoms with Crippen molar-refractivity contribution in [3.05, 3.63) is 90.5 Å². The number of hydrogen-bond donors (Lipinski definition) is 0. The van der Waals surface area contributed by atoms with Gasteiger partial charge in [-0.15, -0.1) is 0 Å². The average molecular weight is 488 g/mol. The molecule has 0 N–H and O–H groups in total. The van der Waals surface area contributed by atoms with Crippen molar-refractivity contribution >= 4 is 26.8 Å². The Morgan fingerprint density at radius 3 is 2.20 bits per heavy atom. The Morgan fingerprint density at radius 1 is 0.857 bits per heavy atom. The molecule has 7 nitrogen and oxygen atoms in total. The molecular formula is C27H25N3O4S. The van der Waals surface area contributed by atoms with Crippen LogP contribution in [-0.2, 0) is 10.0 Å². The fraction of sp³-hybridized carbons (Fsp3) is 0.185. The first-order chi connectivity index (χ1) is 17.0. The Balaban J connectivity index is 1.39. The van der Waals surface area contributed by atoms with E-state index in [1.807, 2.05) is 60.7 Å². The van der Waals surface area contributed by atoms with E-state index in [-0.39, 0.29) is 23.9 Å². The Bertz CT molecular complexity index is 1460. The number of aromatic nitrogens is 1. The van der Waals surface area contributed by atoms with Gasteiger partial charge in [-0.2, -0.15) is 4.31 Å². The number of hydrogen-bond acceptors (Lipinski definition) is 5. The number of piperazine rings is 1. The van der Waals surface area contributed by atoms with Crippen molar-refractivity contribution in [2.24, 2.45) is 0 Å². The summed E-state index contributed by atoms with van der Waals surface area (Å²) in [5.41, 5.74) is 2.98. The summed E-state index contributed by atoms with van der Waals surface area (Å²) in [6.07, 6.45) is 0. The van der Waals surface area contributed by atoms with Crippen molar-refractivity contribution in [2.45, 2.75) is 4.90 Å². The first-order valence-corrected chi connectivity index (χ1v) is 12.8. The van der Waals surface area contributed by atoms with Crippen LogP contribution in [0.15, 0.2) is 89.8 Å². The molecule has 8 heteroatoms. The van der Waals surface area contributed by atoms with E-state index in [4.69, 9.17) is 9.72 Å². The Morgan fingerprint density at radius 2 is 1.51 bits per heavy atom. The van der Waals surface area contributed by atoms with Gasteiger partial charge in [0.25, 0.3) is 5.91 Å². The molecular weight excluding hydrogens is 462 g/mol. The van der Waals surface area contributed by atoms with Gasteiger partial charge in [-0.25, -0.2) is 13.4 Å². The van der Waals surface area contributed by atoms with Gasteiger partial charge in [0.2, 0.25) is 10.0 Å². The zero-order valence-corrected chi connectivity index (χ0v) is 20.1. The minimum Gasteiger partial charge on any atom is -0.497 e. The van der Waals surface area contributed by atoms with Gasteiger partial charge in [0.15, 0.2) is 0 Å². The molecule has 0 unspecified atom stereocenters. The molecule has 1 aliphatic rings. The fourth-order valence-corrected chi connectivity index (χ4v) is 5.73. The molecule has 3 aromatic carbocycles. The van der Waals surface area contributed by atoms with Gasteiger partial charge in [-0.3, -0.25) is 4.79 Å². The molecule has 0 bridgehead atoms. The maximum absolute atomic E-state index is 13.6. The lowest BCUT2D eigenvalue weighted by atomic mass is 10.0. The molecule has 178 valence electrons. The summed E-state index contributed by atoms with van der Waals surface area (Å²) >= 11 is 0. The predicted octanol–water partition coefficient (Wildman–Crippen LogP) is 4.06. The number of rotatable bonds is 5. The van der Waals surface area contributed by atoms with E-state index in [9.17, 15) is 13.2 Å². The van der Waals surface area contributed by atoms with E-state index < -0.39 is 10.0 Å². The topological polar surface area (TPSA) is 79.8 Å². The van der Waals surface area contributed by atoms with Crippen LogP contribution in [-0.4, -0.2) is 61.8 Å². The van der Waals surface area contributed by atoms with Crippen molar-refractivity contribution in [1.29, 1.82) is 0 Å². The molecule has 0 saturated carbocycles. The van der Waals surface area contributed by atoms with E-state index >= 15 is 0 Å².